The number of likely N-dealkylation sites (tertiary alicyclic amines) is 2. The Labute approximate surface area is 168 Å². The predicted octanol–water partition coefficient (Wildman–Crippen LogP) is 2.53. The molecule has 0 aliphatic carbocycles. The summed E-state index contributed by atoms with van der Waals surface area (Å²) in [4.78, 5) is 14.0. The lowest BCUT2D eigenvalue weighted by Gasteiger charge is -2.32. The van der Waals surface area contributed by atoms with Crippen LogP contribution in [-0.4, -0.2) is 60.7 Å². The highest BCUT2D eigenvalue weighted by molar-refractivity contribution is 5.06. The molecule has 0 N–H and O–H groups in total. The second kappa shape index (κ2) is 9.09. The van der Waals surface area contributed by atoms with Crippen molar-refractivity contribution >= 4 is 0 Å². The van der Waals surface area contributed by atoms with Gasteiger partial charge >= 0.3 is 0 Å². The molecule has 152 valence electrons. The van der Waals surface area contributed by atoms with E-state index in [1.54, 1.807) is 0 Å². The van der Waals surface area contributed by atoms with Gasteiger partial charge in [-0.25, -0.2) is 9.97 Å². The first-order valence-electron chi connectivity index (χ1n) is 10.9. The molecule has 0 bridgehead atoms. The summed E-state index contributed by atoms with van der Waals surface area (Å²) in [5.41, 5.74) is 1.12. The van der Waals surface area contributed by atoms with Crippen LogP contribution in [0.1, 0.15) is 68.1 Å². The Morgan fingerprint density at radius 2 is 1.82 bits per heavy atom. The Balaban J connectivity index is 1.40. The zero-order valence-corrected chi connectivity index (χ0v) is 17.3. The average Bonchev–Trinajstić information content (AvgIpc) is 3.09. The third-order valence-corrected chi connectivity index (χ3v) is 6.15. The van der Waals surface area contributed by atoms with Gasteiger partial charge in [-0.3, -0.25) is 9.80 Å². The molecule has 0 radical (unpaired) electrons. The number of hydrogen-bond acceptors (Lipinski definition) is 6. The standard InChI is InChI=1S/C21H33N7/c1-3-19-22-10-9-18(23-19)15-28-13-7-8-17(14-28)21-25-24-20(26(21)2)16-27-11-5-4-6-12-27/h9-10,17H,3-8,11-16H2,1-2H3. The molecule has 28 heavy (non-hydrogen) atoms. The fourth-order valence-corrected chi connectivity index (χ4v) is 4.52. The number of hydrogen-bond donors (Lipinski definition) is 0. The largest absolute Gasteiger partial charge is 0.317 e. The van der Waals surface area contributed by atoms with Crippen molar-refractivity contribution in [3.05, 3.63) is 35.4 Å². The zero-order valence-electron chi connectivity index (χ0n) is 17.3. The predicted molar refractivity (Wildman–Crippen MR) is 109 cm³/mol. The van der Waals surface area contributed by atoms with E-state index in [0.29, 0.717) is 5.92 Å². The average molecular weight is 384 g/mol. The molecule has 1 unspecified atom stereocenters. The minimum absolute atomic E-state index is 0.453. The summed E-state index contributed by atoms with van der Waals surface area (Å²) in [5, 5.41) is 9.16. The van der Waals surface area contributed by atoms with Crippen LogP contribution < -0.4 is 0 Å². The van der Waals surface area contributed by atoms with Crippen molar-refractivity contribution in [1.82, 2.24) is 34.5 Å². The molecular formula is C21H33N7. The van der Waals surface area contributed by atoms with Gasteiger partial charge < -0.3 is 4.57 Å². The molecule has 7 nitrogen and oxygen atoms in total. The molecule has 2 aromatic rings. The molecule has 0 amide bonds. The van der Waals surface area contributed by atoms with Crippen molar-refractivity contribution in [2.45, 2.75) is 64.5 Å². The Kier molecular flexibility index (Phi) is 6.32. The molecule has 7 heteroatoms. The number of rotatable bonds is 6. The van der Waals surface area contributed by atoms with E-state index in [1.165, 1.54) is 45.2 Å². The van der Waals surface area contributed by atoms with Gasteiger partial charge in [0.2, 0.25) is 0 Å². The molecule has 1 atom stereocenters. The van der Waals surface area contributed by atoms with Crippen LogP contribution in [0.15, 0.2) is 12.3 Å². The highest BCUT2D eigenvalue weighted by Gasteiger charge is 2.26. The highest BCUT2D eigenvalue weighted by atomic mass is 15.3. The molecule has 2 fully saturated rings. The first kappa shape index (κ1) is 19.5. The molecule has 2 aliphatic heterocycles. The van der Waals surface area contributed by atoms with Gasteiger partial charge in [-0.2, -0.15) is 0 Å². The van der Waals surface area contributed by atoms with Crippen molar-refractivity contribution in [1.29, 1.82) is 0 Å². The minimum Gasteiger partial charge on any atom is -0.317 e. The lowest BCUT2D eigenvalue weighted by molar-refractivity contribution is 0.192. The van der Waals surface area contributed by atoms with Crippen LogP contribution in [0.2, 0.25) is 0 Å². The summed E-state index contributed by atoms with van der Waals surface area (Å²) in [6, 6.07) is 2.04. The first-order chi connectivity index (χ1) is 13.7. The van der Waals surface area contributed by atoms with Crippen LogP contribution in [0.5, 0.6) is 0 Å². The van der Waals surface area contributed by atoms with E-state index in [1.807, 2.05) is 12.3 Å². The minimum atomic E-state index is 0.453. The first-order valence-corrected chi connectivity index (χ1v) is 10.9. The molecule has 4 rings (SSSR count). The zero-order chi connectivity index (χ0) is 19.3. The quantitative estimate of drug-likeness (QED) is 0.764. The van der Waals surface area contributed by atoms with E-state index < -0.39 is 0 Å². The van der Waals surface area contributed by atoms with Crippen molar-refractivity contribution in [2.75, 3.05) is 26.2 Å². The molecule has 0 spiro atoms. The Hall–Kier alpha value is -1.86. The summed E-state index contributed by atoms with van der Waals surface area (Å²) >= 11 is 0. The highest BCUT2D eigenvalue weighted by Crippen LogP contribution is 2.27. The van der Waals surface area contributed by atoms with Gasteiger partial charge in [0.15, 0.2) is 0 Å². The second-order valence-corrected chi connectivity index (χ2v) is 8.26. The maximum absolute atomic E-state index is 4.68. The molecular weight excluding hydrogens is 350 g/mol. The lowest BCUT2D eigenvalue weighted by atomic mass is 9.97. The van der Waals surface area contributed by atoms with Crippen LogP contribution in [0.4, 0.5) is 0 Å². The smallest absolute Gasteiger partial charge is 0.146 e. The van der Waals surface area contributed by atoms with E-state index in [0.717, 1.165) is 55.8 Å². The summed E-state index contributed by atoms with van der Waals surface area (Å²) in [6.45, 7) is 8.47. The van der Waals surface area contributed by atoms with Gasteiger partial charge in [-0.15, -0.1) is 10.2 Å². The van der Waals surface area contributed by atoms with Gasteiger partial charge in [0, 0.05) is 38.7 Å². The van der Waals surface area contributed by atoms with Crippen LogP contribution in [0, 0.1) is 0 Å². The summed E-state index contributed by atoms with van der Waals surface area (Å²) in [7, 11) is 2.14. The SMILES string of the molecule is CCc1nccc(CN2CCCC(c3nnc(CN4CCCCC4)n3C)C2)n1. The van der Waals surface area contributed by atoms with Crippen LogP contribution in [0.25, 0.3) is 0 Å². The molecule has 2 saturated heterocycles. The molecule has 0 saturated carbocycles. The lowest BCUT2D eigenvalue weighted by Crippen LogP contribution is -2.35. The van der Waals surface area contributed by atoms with E-state index in [2.05, 4.69) is 48.5 Å². The second-order valence-electron chi connectivity index (χ2n) is 8.26. The van der Waals surface area contributed by atoms with Crippen LogP contribution in [0.3, 0.4) is 0 Å². The van der Waals surface area contributed by atoms with Crippen LogP contribution >= 0.6 is 0 Å². The maximum Gasteiger partial charge on any atom is 0.146 e. The van der Waals surface area contributed by atoms with E-state index in [4.69, 9.17) is 0 Å². The third kappa shape index (κ3) is 4.58. The van der Waals surface area contributed by atoms with Crippen molar-refractivity contribution in [2.24, 2.45) is 7.05 Å². The van der Waals surface area contributed by atoms with Gasteiger partial charge in [0.25, 0.3) is 0 Å². The number of aryl methyl sites for hydroxylation is 1. The number of nitrogens with zero attached hydrogens (tertiary/aromatic N) is 7. The Morgan fingerprint density at radius 3 is 2.64 bits per heavy atom. The maximum atomic E-state index is 4.68. The van der Waals surface area contributed by atoms with Gasteiger partial charge in [-0.1, -0.05) is 13.3 Å². The number of aromatic nitrogens is 5. The topological polar surface area (TPSA) is 63.0 Å². The van der Waals surface area contributed by atoms with E-state index in [9.17, 15) is 0 Å². The summed E-state index contributed by atoms with van der Waals surface area (Å²) in [5.74, 6) is 3.64. The fraction of sp³-hybridized carbons (Fsp3) is 0.714. The van der Waals surface area contributed by atoms with Crippen molar-refractivity contribution in [3.8, 4) is 0 Å². The van der Waals surface area contributed by atoms with Crippen LogP contribution in [-0.2, 0) is 26.6 Å². The number of piperidine rings is 2. The van der Waals surface area contributed by atoms with E-state index >= 15 is 0 Å². The van der Waals surface area contributed by atoms with E-state index in [-0.39, 0.29) is 0 Å². The fourth-order valence-electron chi connectivity index (χ4n) is 4.52. The monoisotopic (exact) mass is 383 g/mol. The molecule has 2 aliphatic rings. The molecule has 2 aromatic heterocycles. The molecule has 0 aromatic carbocycles. The third-order valence-electron chi connectivity index (χ3n) is 6.15. The van der Waals surface area contributed by atoms with Crippen molar-refractivity contribution in [3.63, 3.8) is 0 Å². The molecule has 4 heterocycles. The Morgan fingerprint density at radius 1 is 1.00 bits per heavy atom. The van der Waals surface area contributed by atoms with Gasteiger partial charge in [-0.05, 0) is 51.4 Å². The van der Waals surface area contributed by atoms with Gasteiger partial charge in [0.1, 0.15) is 17.5 Å². The van der Waals surface area contributed by atoms with Gasteiger partial charge in [0.05, 0.1) is 12.2 Å². The summed E-state index contributed by atoms with van der Waals surface area (Å²) < 4.78 is 2.25. The summed E-state index contributed by atoms with van der Waals surface area (Å²) in [6.07, 6.45) is 9.15. The normalized spacial score (nSPS) is 21.9. The van der Waals surface area contributed by atoms with Crippen molar-refractivity contribution < 1.29 is 0 Å². The Bertz CT molecular complexity index is 766.